The molecule has 4 rings (SSSR count). The normalized spacial score (nSPS) is 13.0. The van der Waals surface area contributed by atoms with E-state index in [1.807, 2.05) is 29.2 Å². The number of benzene rings is 2. The Bertz CT molecular complexity index is 1140. The fraction of sp³-hybridized carbons (Fsp3) is 0.357. The molecule has 0 bridgehead atoms. The summed E-state index contributed by atoms with van der Waals surface area (Å²) in [4.78, 5) is 30.6. The second-order valence-electron chi connectivity index (χ2n) is 8.77. The molecule has 0 radical (unpaired) electrons. The van der Waals surface area contributed by atoms with Crippen LogP contribution in [0.4, 0.5) is 11.4 Å². The Hall–Kier alpha value is -3.74. The fourth-order valence-corrected chi connectivity index (χ4v) is 4.34. The first-order valence-electron chi connectivity index (χ1n) is 12.2. The molecule has 1 saturated heterocycles. The van der Waals surface area contributed by atoms with Crippen molar-refractivity contribution >= 4 is 23.2 Å². The van der Waals surface area contributed by atoms with Crippen molar-refractivity contribution in [1.29, 1.82) is 0 Å². The number of unbranched alkanes of at least 4 members (excludes halogenated alkanes) is 1. The number of ether oxygens (including phenoxy) is 1. The van der Waals surface area contributed by atoms with Crippen LogP contribution in [0.5, 0.6) is 5.75 Å². The van der Waals surface area contributed by atoms with Crippen LogP contribution in [-0.4, -0.2) is 43.5 Å². The minimum Gasteiger partial charge on any atom is -0.497 e. The molecule has 7 heteroatoms. The lowest BCUT2D eigenvalue weighted by atomic mass is 10.1. The Kier molecular flexibility index (Phi) is 8.08. The average Bonchev–Trinajstić information content (AvgIpc) is 3.61. The Morgan fingerprint density at radius 1 is 1.09 bits per heavy atom. The van der Waals surface area contributed by atoms with E-state index in [0.717, 1.165) is 56.8 Å². The van der Waals surface area contributed by atoms with Crippen LogP contribution in [0.3, 0.4) is 0 Å². The Labute approximate surface area is 206 Å². The number of nitrogens with one attached hydrogen (secondary N) is 1. The Balaban J connectivity index is 1.66. The van der Waals surface area contributed by atoms with Crippen molar-refractivity contribution in [2.45, 2.75) is 39.2 Å². The first kappa shape index (κ1) is 24.4. The zero-order valence-corrected chi connectivity index (χ0v) is 20.5. The standard InChI is InChI=1S/C28H33N3O4/c1-3-4-14-31(20-24-11-8-17-35-24)26-13-12-22(19-25(26)28(33)30-15-5-6-16-30)29-27(32)21-9-7-10-23(18-21)34-2/h7-13,17-19H,3-6,14-16,20H2,1-2H3,(H,29,32). The van der Waals surface area contributed by atoms with Crippen molar-refractivity contribution < 1.29 is 18.7 Å². The van der Waals surface area contributed by atoms with Crippen LogP contribution in [0.15, 0.2) is 65.3 Å². The lowest BCUT2D eigenvalue weighted by molar-refractivity contribution is 0.0793. The number of carbonyl (C=O) groups is 2. The summed E-state index contributed by atoms with van der Waals surface area (Å²) >= 11 is 0. The van der Waals surface area contributed by atoms with Crippen LogP contribution in [-0.2, 0) is 6.54 Å². The SMILES string of the molecule is CCCCN(Cc1ccco1)c1ccc(NC(=O)c2cccc(OC)c2)cc1C(=O)N1CCCC1. The Morgan fingerprint density at radius 2 is 1.91 bits per heavy atom. The van der Waals surface area contributed by atoms with Gasteiger partial charge in [0.1, 0.15) is 11.5 Å². The van der Waals surface area contributed by atoms with Crippen molar-refractivity contribution in [3.05, 3.63) is 77.7 Å². The van der Waals surface area contributed by atoms with Crippen molar-refractivity contribution in [2.24, 2.45) is 0 Å². The molecule has 184 valence electrons. The molecule has 0 unspecified atom stereocenters. The maximum atomic E-state index is 13.6. The van der Waals surface area contributed by atoms with Gasteiger partial charge in [-0.3, -0.25) is 9.59 Å². The highest BCUT2D eigenvalue weighted by Gasteiger charge is 2.25. The molecule has 2 aromatic carbocycles. The van der Waals surface area contributed by atoms with Gasteiger partial charge in [-0.1, -0.05) is 19.4 Å². The Morgan fingerprint density at radius 3 is 2.63 bits per heavy atom. The molecule has 1 aliphatic rings. The molecule has 0 spiro atoms. The largest absolute Gasteiger partial charge is 0.497 e. The summed E-state index contributed by atoms with van der Waals surface area (Å²) in [5.41, 5.74) is 2.52. The number of anilines is 2. The second-order valence-corrected chi connectivity index (χ2v) is 8.77. The van der Waals surface area contributed by atoms with Crippen molar-refractivity contribution in [3.63, 3.8) is 0 Å². The molecule has 0 atom stereocenters. The van der Waals surface area contributed by atoms with Gasteiger partial charge >= 0.3 is 0 Å². The van der Waals surface area contributed by atoms with Gasteiger partial charge in [-0.15, -0.1) is 0 Å². The monoisotopic (exact) mass is 475 g/mol. The summed E-state index contributed by atoms with van der Waals surface area (Å²) in [5.74, 6) is 1.20. The van der Waals surface area contributed by atoms with Gasteiger partial charge in [0.25, 0.3) is 11.8 Å². The topological polar surface area (TPSA) is 75.0 Å². The second kappa shape index (κ2) is 11.6. The van der Waals surface area contributed by atoms with Gasteiger partial charge in [0.05, 0.1) is 31.2 Å². The fourth-order valence-electron chi connectivity index (χ4n) is 4.34. The van der Waals surface area contributed by atoms with Gasteiger partial charge in [0.15, 0.2) is 0 Å². The number of rotatable bonds is 10. The molecule has 3 aromatic rings. The maximum Gasteiger partial charge on any atom is 0.256 e. The summed E-state index contributed by atoms with van der Waals surface area (Å²) < 4.78 is 10.8. The summed E-state index contributed by atoms with van der Waals surface area (Å²) in [7, 11) is 1.57. The third-order valence-electron chi connectivity index (χ3n) is 6.26. The molecule has 35 heavy (non-hydrogen) atoms. The minimum absolute atomic E-state index is 0.00378. The number of amides is 2. The van der Waals surface area contributed by atoms with E-state index < -0.39 is 0 Å². The number of methoxy groups -OCH3 is 1. The molecule has 2 heterocycles. The molecule has 0 aliphatic carbocycles. The molecule has 7 nitrogen and oxygen atoms in total. The van der Waals surface area contributed by atoms with Gasteiger partial charge in [-0.25, -0.2) is 0 Å². The predicted octanol–water partition coefficient (Wildman–Crippen LogP) is 5.58. The predicted molar refractivity (Wildman–Crippen MR) is 137 cm³/mol. The number of likely N-dealkylation sites (tertiary alicyclic amines) is 1. The third-order valence-corrected chi connectivity index (χ3v) is 6.26. The van der Waals surface area contributed by atoms with Crippen LogP contribution in [0, 0.1) is 0 Å². The zero-order valence-electron chi connectivity index (χ0n) is 20.5. The van der Waals surface area contributed by atoms with E-state index in [2.05, 4.69) is 17.1 Å². The molecule has 1 N–H and O–H groups in total. The molecule has 1 aliphatic heterocycles. The van der Waals surface area contributed by atoms with Crippen molar-refractivity contribution in [1.82, 2.24) is 4.90 Å². The quantitative estimate of drug-likeness (QED) is 0.414. The summed E-state index contributed by atoms with van der Waals surface area (Å²) in [5, 5.41) is 2.95. The number of hydrogen-bond acceptors (Lipinski definition) is 5. The van der Waals surface area contributed by atoms with Crippen LogP contribution >= 0.6 is 0 Å². The lowest BCUT2D eigenvalue weighted by Gasteiger charge is -2.28. The number of furan rings is 1. The van der Waals surface area contributed by atoms with E-state index in [1.165, 1.54) is 0 Å². The molecule has 1 aromatic heterocycles. The van der Waals surface area contributed by atoms with Gasteiger partial charge in [-0.2, -0.15) is 0 Å². The van der Waals surface area contributed by atoms with Gasteiger partial charge in [-0.05, 0) is 67.8 Å². The van der Waals surface area contributed by atoms with E-state index in [1.54, 1.807) is 43.7 Å². The van der Waals surface area contributed by atoms with Crippen LogP contribution in [0.1, 0.15) is 59.1 Å². The van der Waals surface area contributed by atoms with Crippen LogP contribution in [0.2, 0.25) is 0 Å². The van der Waals surface area contributed by atoms with Gasteiger partial charge < -0.3 is 24.3 Å². The van der Waals surface area contributed by atoms with Crippen LogP contribution < -0.4 is 15.0 Å². The number of carbonyl (C=O) groups excluding carboxylic acids is 2. The molecule has 1 fully saturated rings. The first-order chi connectivity index (χ1) is 17.1. The first-order valence-corrected chi connectivity index (χ1v) is 12.2. The zero-order chi connectivity index (χ0) is 24.6. The minimum atomic E-state index is -0.255. The molecular formula is C28H33N3O4. The summed E-state index contributed by atoms with van der Waals surface area (Å²) in [6.45, 7) is 5.03. The molecule has 2 amide bonds. The van der Waals surface area contributed by atoms with E-state index in [-0.39, 0.29) is 11.8 Å². The third kappa shape index (κ3) is 6.04. The number of hydrogen-bond donors (Lipinski definition) is 1. The molecule has 0 saturated carbocycles. The lowest BCUT2D eigenvalue weighted by Crippen LogP contribution is -2.31. The highest BCUT2D eigenvalue weighted by atomic mass is 16.5. The highest BCUT2D eigenvalue weighted by molar-refractivity contribution is 6.06. The van der Waals surface area contributed by atoms with Crippen molar-refractivity contribution in [3.8, 4) is 5.75 Å². The van der Waals surface area contributed by atoms with E-state index in [4.69, 9.17) is 9.15 Å². The van der Waals surface area contributed by atoms with Crippen molar-refractivity contribution in [2.75, 3.05) is 37.0 Å². The summed E-state index contributed by atoms with van der Waals surface area (Å²) in [6, 6.07) is 16.4. The smallest absolute Gasteiger partial charge is 0.256 e. The van der Waals surface area contributed by atoms with E-state index >= 15 is 0 Å². The molecular weight excluding hydrogens is 442 g/mol. The maximum absolute atomic E-state index is 13.6. The average molecular weight is 476 g/mol. The number of nitrogens with zero attached hydrogens (tertiary/aromatic N) is 2. The summed E-state index contributed by atoms with van der Waals surface area (Å²) in [6.07, 6.45) is 5.73. The van der Waals surface area contributed by atoms with E-state index in [0.29, 0.717) is 29.1 Å². The van der Waals surface area contributed by atoms with Gasteiger partial charge in [0, 0.05) is 30.9 Å². The van der Waals surface area contributed by atoms with E-state index in [9.17, 15) is 9.59 Å². The van der Waals surface area contributed by atoms with Gasteiger partial charge in [0.2, 0.25) is 0 Å². The van der Waals surface area contributed by atoms with Crippen LogP contribution in [0.25, 0.3) is 0 Å². The highest BCUT2D eigenvalue weighted by Crippen LogP contribution is 2.29.